The van der Waals surface area contributed by atoms with Crippen LogP contribution in [0.25, 0.3) is 96.6 Å². The van der Waals surface area contributed by atoms with Crippen LogP contribution in [0.5, 0.6) is 0 Å². The fraction of sp³-hybridized carbons (Fsp3) is 0. The van der Waals surface area contributed by atoms with E-state index in [2.05, 4.69) is 170 Å². The van der Waals surface area contributed by atoms with Crippen LogP contribution in [0.2, 0.25) is 0 Å². The minimum absolute atomic E-state index is 1.26. The van der Waals surface area contributed by atoms with Crippen molar-refractivity contribution in [2.75, 3.05) is 0 Å². The zero-order valence-electron chi connectivity index (χ0n) is 25.6. The number of rotatable bonds is 3. The van der Waals surface area contributed by atoms with Crippen LogP contribution in [0.3, 0.4) is 0 Å². The Morgan fingerprint density at radius 3 is 1.28 bits per heavy atom. The van der Waals surface area contributed by atoms with Gasteiger partial charge in [-0.3, -0.25) is 0 Å². The van der Waals surface area contributed by atoms with E-state index >= 15 is 0 Å². The summed E-state index contributed by atoms with van der Waals surface area (Å²) in [6.07, 6.45) is 0. The fourth-order valence-corrected chi connectivity index (χ4v) is 9.01. The van der Waals surface area contributed by atoms with Gasteiger partial charge in [0.2, 0.25) is 0 Å². The van der Waals surface area contributed by atoms with Crippen LogP contribution in [-0.4, -0.2) is 0 Å². The molecular weight excluding hydrogens is 585 g/mol. The first kappa shape index (κ1) is 26.5. The van der Waals surface area contributed by atoms with Crippen LogP contribution in [0.1, 0.15) is 0 Å². The van der Waals surface area contributed by atoms with Crippen molar-refractivity contribution in [1.82, 2.24) is 0 Å². The lowest BCUT2D eigenvalue weighted by molar-refractivity contribution is 1.67. The van der Waals surface area contributed by atoms with Crippen LogP contribution in [0.4, 0.5) is 0 Å². The molecule has 1 heteroatoms. The molecule has 0 aliphatic heterocycles. The maximum atomic E-state index is 2.47. The van der Waals surface area contributed by atoms with Crippen molar-refractivity contribution in [2.45, 2.75) is 0 Å². The molecule has 0 fully saturated rings. The highest BCUT2D eigenvalue weighted by Crippen LogP contribution is 2.48. The average molecular weight is 613 g/mol. The van der Waals surface area contributed by atoms with Crippen molar-refractivity contribution >= 4 is 74.6 Å². The van der Waals surface area contributed by atoms with Crippen LogP contribution >= 0.6 is 11.3 Å². The molecule has 10 aromatic rings. The van der Waals surface area contributed by atoms with Gasteiger partial charge in [-0.2, -0.15) is 0 Å². The van der Waals surface area contributed by atoms with Gasteiger partial charge in [-0.25, -0.2) is 0 Å². The molecule has 0 saturated heterocycles. The first-order valence-corrected chi connectivity index (χ1v) is 17.0. The van der Waals surface area contributed by atoms with Crippen molar-refractivity contribution in [3.63, 3.8) is 0 Å². The fourth-order valence-electron chi connectivity index (χ4n) is 7.79. The van der Waals surface area contributed by atoms with E-state index in [-0.39, 0.29) is 0 Å². The average Bonchev–Trinajstić information content (AvgIpc) is 3.52. The Morgan fingerprint density at radius 1 is 0.277 bits per heavy atom. The lowest BCUT2D eigenvalue weighted by atomic mass is 9.85. The second-order valence-electron chi connectivity index (χ2n) is 12.4. The third-order valence-electron chi connectivity index (χ3n) is 9.87. The molecule has 0 radical (unpaired) electrons. The Bertz CT molecular complexity index is 2700. The van der Waals surface area contributed by atoms with E-state index in [1.807, 2.05) is 11.3 Å². The molecule has 0 aliphatic carbocycles. The highest BCUT2D eigenvalue weighted by molar-refractivity contribution is 7.26. The Labute approximate surface area is 276 Å². The third-order valence-corrected chi connectivity index (χ3v) is 11.1. The topological polar surface area (TPSA) is 0 Å². The predicted molar refractivity (Wildman–Crippen MR) is 206 cm³/mol. The van der Waals surface area contributed by atoms with E-state index < -0.39 is 0 Å². The standard InChI is InChI=1S/C46H28S/c1-3-16-31-29(12-1)14-7-19-33(31)35-21-9-23-38-42(35)28-43-36(34-20-8-15-30-13-2-4-17-32(30)34)22-10-24-39(43)45(38)41-26-11-25-40-37-18-5-6-27-44(37)47-46(40)41/h1-28H. The molecule has 0 N–H and O–H groups in total. The molecule has 1 aromatic heterocycles. The molecular formula is C46H28S. The maximum absolute atomic E-state index is 2.47. The van der Waals surface area contributed by atoms with Gasteiger partial charge in [0.15, 0.2) is 0 Å². The summed E-state index contributed by atoms with van der Waals surface area (Å²) in [6, 6.07) is 62.8. The quantitative estimate of drug-likeness (QED) is 0.174. The highest BCUT2D eigenvalue weighted by Gasteiger charge is 2.20. The minimum atomic E-state index is 1.26. The Balaban J connectivity index is 1.39. The minimum Gasteiger partial charge on any atom is -0.135 e. The molecule has 0 atom stereocenters. The van der Waals surface area contributed by atoms with Gasteiger partial charge in [-0.15, -0.1) is 11.3 Å². The summed E-state index contributed by atoms with van der Waals surface area (Å²) in [4.78, 5) is 0. The highest BCUT2D eigenvalue weighted by atomic mass is 32.1. The first-order chi connectivity index (χ1) is 23.3. The van der Waals surface area contributed by atoms with Gasteiger partial charge < -0.3 is 0 Å². The molecule has 9 aromatic carbocycles. The van der Waals surface area contributed by atoms with E-state index in [1.165, 1.54) is 96.6 Å². The summed E-state index contributed by atoms with van der Waals surface area (Å²) < 4.78 is 2.67. The van der Waals surface area contributed by atoms with Gasteiger partial charge >= 0.3 is 0 Å². The van der Waals surface area contributed by atoms with E-state index in [1.54, 1.807) is 0 Å². The molecule has 10 rings (SSSR count). The normalized spacial score (nSPS) is 11.8. The Morgan fingerprint density at radius 2 is 0.681 bits per heavy atom. The van der Waals surface area contributed by atoms with Gasteiger partial charge in [0, 0.05) is 25.7 Å². The Hall–Kier alpha value is -5.76. The first-order valence-electron chi connectivity index (χ1n) is 16.2. The summed E-state index contributed by atoms with van der Waals surface area (Å²) in [5.74, 6) is 0. The smallest absolute Gasteiger partial charge is 0.0434 e. The maximum Gasteiger partial charge on any atom is 0.0434 e. The van der Waals surface area contributed by atoms with Crippen LogP contribution in [0.15, 0.2) is 170 Å². The monoisotopic (exact) mass is 612 g/mol. The molecule has 218 valence electrons. The van der Waals surface area contributed by atoms with Crippen molar-refractivity contribution in [3.8, 4) is 33.4 Å². The van der Waals surface area contributed by atoms with E-state index in [4.69, 9.17) is 0 Å². The van der Waals surface area contributed by atoms with Crippen LogP contribution in [-0.2, 0) is 0 Å². The second-order valence-corrected chi connectivity index (χ2v) is 13.4. The molecule has 0 aliphatic rings. The molecule has 0 saturated carbocycles. The zero-order valence-corrected chi connectivity index (χ0v) is 26.4. The molecule has 0 unspecified atom stereocenters. The molecule has 0 spiro atoms. The molecule has 47 heavy (non-hydrogen) atoms. The lowest BCUT2D eigenvalue weighted by Crippen LogP contribution is -1.91. The second kappa shape index (κ2) is 10.4. The SMILES string of the molecule is c1ccc2c(-c3cccc4c(-c5cccc6c5sc5ccccc56)c5cccc(-c6cccc7ccccc67)c5cc34)cccc2c1. The van der Waals surface area contributed by atoms with E-state index in [0.29, 0.717) is 0 Å². The number of benzene rings is 9. The summed E-state index contributed by atoms with van der Waals surface area (Å²) in [5.41, 5.74) is 7.66. The third kappa shape index (κ3) is 4.00. The molecule has 0 bridgehead atoms. The van der Waals surface area contributed by atoms with Gasteiger partial charge in [0.1, 0.15) is 0 Å². The van der Waals surface area contributed by atoms with Crippen molar-refractivity contribution in [2.24, 2.45) is 0 Å². The van der Waals surface area contributed by atoms with Gasteiger partial charge in [0.25, 0.3) is 0 Å². The van der Waals surface area contributed by atoms with Crippen LogP contribution in [0, 0.1) is 0 Å². The number of hydrogen-bond acceptors (Lipinski definition) is 1. The predicted octanol–water partition coefficient (Wildman–Crippen LogP) is 13.7. The molecule has 0 nitrogen and oxygen atoms in total. The van der Waals surface area contributed by atoms with Crippen molar-refractivity contribution in [3.05, 3.63) is 170 Å². The summed E-state index contributed by atoms with van der Waals surface area (Å²) >= 11 is 1.91. The van der Waals surface area contributed by atoms with Gasteiger partial charge in [-0.1, -0.05) is 158 Å². The largest absolute Gasteiger partial charge is 0.135 e. The summed E-state index contributed by atoms with van der Waals surface area (Å²) in [5, 5.41) is 12.8. The molecule has 0 amide bonds. The van der Waals surface area contributed by atoms with E-state index in [0.717, 1.165) is 0 Å². The van der Waals surface area contributed by atoms with Gasteiger partial charge in [-0.05, 0) is 83.0 Å². The number of fused-ring (bicyclic) bond motifs is 7. The van der Waals surface area contributed by atoms with Crippen molar-refractivity contribution in [1.29, 1.82) is 0 Å². The van der Waals surface area contributed by atoms with E-state index in [9.17, 15) is 0 Å². The number of hydrogen-bond donors (Lipinski definition) is 0. The van der Waals surface area contributed by atoms with Crippen molar-refractivity contribution < 1.29 is 0 Å². The molecule has 1 heterocycles. The van der Waals surface area contributed by atoms with Gasteiger partial charge in [0.05, 0.1) is 0 Å². The summed E-state index contributed by atoms with van der Waals surface area (Å²) in [6.45, 7) is 0. The number of thiophene rings is 1. The van der Waals surface area contributed by atoms with Crippen LogP contribution < -0.4 is 0 Å². The zero-order chi connectivity index (χ0) is 30.9. The summed E-state index contributed by atoms with van der Waals surface area (Å²) in [7, 11) is 0. The Kier molecular flexibility index (Phi) is 5.85. The lowest BCUT2D eigenvalue weighted by Gasteiger charge is -2.19.